The van der Waals surface area contributed by atoms with Crippen molar-refractivity contribution in [2.75, 3.05) is 52.2 Å². The molecule has 1 fully saturated rings. The molecule has 17 heavy (non-hydrogen) atoms. The van der Waals surface area contributed by atoms with E-state index < -0.39 is 0 Å². The average molecular weight is 260 g/mol. The van der Waals surface area contributed by atoms with Gasteiger partial charge in [-0.15, -0.1) is 0 Å². The van der Waals surface area contributed by atoms with Crippen molar-refractivity contribution >= 4 is 11.8 Å². The third kappa shape index (κ3) is 7.29. The van der Waals surface area contributed by atoms with Gasteiger partial charge >= 0.3 is 0 Å². The van der Waals surface area contributed by atoms with Crippen molar-refractivity contribution in [3.8, 4) is 0 Å². The zero-order valence-electron chi connectivity index (χ0n) is 11.4. The quantitative estimate of drug-likeness (QED) is 0.639. The molecule has 4 heteroatoms. The Balaban J connectivity index is 1.87. The summed E-state index contributed by atoms with van der Waals surface area (Å²) in [5.74, 6) is 0. The van der Waals surface area contributed by atoms with Crippen molar-refractivity contribution in [3.63, 3.8) is 0 Å². The molecule has 0 spiro atoms. The molecule has 0 unspecified atom stereocenters. The van der Waals surface area contributed by atoms with Crippen LogP contribution in [-0.2, 0) is 4.74 Å². The minimum Gasteiger partial charge on any atom is -0.382 e. The third-order valence-electron chi connectivity index (χ3n) is 3.32. The molecule has 1 heterocycles. The number of piperidine rings is 1. The van der Waals surface area contributed by atoms with Crippen LogP contribution in [0.3, 0.4) is 0 Å². The Kier molecular flexibility index (Phi) is 9.16. The number of nitrogens with one attached hydrogen (secondary N) is 1. The van der Waals surface area contributed by atoms with Crippen molar-refractivity contribution in [3.05, 3.63) is 0 Å². The topological polar surface area (TPSA) is 24.5 Å². The van der Waals surface area contributed by atoms with E-state index in [0.29, 0.717) is 0 Å². The maximum absolute atomic E-state index is 5.30. The van der Waals surface area contributed by atoms with E-state index in [1.807, 2.05) is 18.7 Å². The van der Waals surface area contributed by atoms with Gasteiger partial charge < -0.3 is 15.0 Å². The van der Waals surface area contributed by atoms with Gasteiger partial charge in [0.2, 0.25) is 0 Å². The smallest absolute Gasteiger partial charge is 0.0477 e. The van der Waals surface area contributed by atoms with Gasteiger partial charge in [0.25, 0.3) is 0 Å². The summed E-state index contributed by atoms with van der Waals surface area (Å²) >= 11 is 2.03. The number of hydrogen-bond donors (Lipinski definition) is 1. The van der Waals surface area contributed by atoms with Crippen LogP contribution in [0.4, 0.5) is 0 Å². The predicted octanol–water partition coefficient (Wildman–Crippen LogP) is 1.83. The Labute approximate surface area is 111 Å². The zero-order chi connectivity index (χ0) is 12.3. The monoisotopic (exact) mass is 260 g/mol. The predicted molar refractivity (Wildman–Crippen MR) is 77.0 cm³/mol. The summed E-state index contributed by atoms with van der Waals surface area (Å²) in [6, 6.07) is 0. The molecule has 1 saturated heterocycles. The fraction of sp³-hybridized carbons (Fsp3) is 1.00. The Morgan fingerprint density at radius 2 is 2.06 bits per heavy atom. The number of hydrogen-bond acceptors (Lipinski definition) is 4. The number of rotatable bonds is 9. The number of nitrogens with zero attached hydrogens (tertiary/aromatic N) is 1. The van der Waals surface area contributed by atoms with Gasteiger partial charge in [-0.3, -0.25) is 0 Å². The largest absolute Gasteiger partial charge is 0.382 e. The molecule has 0 aliphatic carbocycles. The highest BCUT2D eigenvalue weighted by Crippen LogP contribution is 2.20. The van der Waals surface area contributed by atoms with Gasteiger partial charge in [0.1, 0.15) is 0 Å². The van der Waals surface area contributed by atoms with E-state index in [1.54, 1.807) is 0 Å². The Morgan fingerprint density at radius 1 is 1.29 bits per heavy atom. The molecule has 0 amide bonds. The van der Waals surface area contributed by atoms with Crippen LogP contribution in [0.2, 0.25) is 0 Å². The summed E-state index contributed by atoms with van der Waals surface area (Å²) in [6.45, 7) is 9.75. The fourth-order valence-electron chi connectivity index (χ4n) is 2.17. The lowest BCUT2D eigenvalue weighted by Crippen LogP contribution is -2.39. The van der Waals surface area contributed by atoms with Gasteiger partial charge in [-0.25, -0.2) is 0 Å². The second-order valence-electron chi connectivity index (χ2n) is 4.58. The number of likely N-dealkylation sites (tertiary alicyclic amines) is 1. The second kappa shape index (κ2) is 10.2. The number of ether oxygens (including phenoxy) is 1. The molecule has 0 radical (unpaired) electrons. The molecule has 1 aliphatic heterocycles. The van der Waals surface area contributed by atoms with Crippen LogP contribution in [0.1, 0.15) is 26.2 Å². The van der Waals surface area contributed by atoms with Crippen LogP contribution in [-0.4, -0.2) is 62.3 Å². The molecule has 0 saturated carbocycles. The van der Waals surface area contributed by atoms with Gasteiger partial charge in [0.05, 0.1) is 0 Å². The average Bonchev–Trinajstić information content (AvgIpc) is 2.38. The van der Waals surface area contributed by atoms with Crippen LogP contribution in [0, 0.1) is 0 Å². The molecule has 0 aromatic heterocycles. The van der Waals surface area contributed by atoms with Crippen molar-refractivity contribution < 1.29 is 4.74 Å². The summed E-state index contributed by atoms with van der Waals surface area (Å²) in [5, 5.41) is 4.40. The SMILES string of the molecule is CCOCCCNCCN1CCC(SC)CC1. The van der Waals surface area contributed by atoms with E-state index in [0.717, 1.165) is 38.0 Å². The molecular weight excluding hydrogens is 232 g/mol. The zero-order valence-corrected chi connectivity index (χ0v) is 12.2. The highest BCUT2D eigenvalue weighted by Gasteiger charge is 2.17. The summed E-state index contributed by atoms with van der Waals surface area (Å²) in [5.41, 5.74) is 0. The lowest BCUT2D eigenvalue weighted by Gasteiger charge is -2.31. The lowest BCUT2D eigenvalue weighted by molar-refractivity contribution is 0.144. The van der Waals surface area contributed by atoms with Crippen LogP contribution < -0.4 is 5.32 Å². The first-order chi connectivity index (χ1) is 8.36. The van der Waals surface area contributed by atoms with Crippen LogP contribution in [0.5, 0.6) is 0 Å². The molecule has 0 aromatic carbocycles. The van der Waals surface area contributed by atoms with E-state index in [1.165, 1.54) is 32.5 Å². The van der Waals surface area contributed by atoms with Crippen molar-refractivity contribution in [1.29, 1.82) is 0 Å². The van der Waals surface area contributed by atoms with E-state index >= 15 is 0 Å². The van der Waals surface area contributed by atoms with Crippen LogP contribution >= 0.6 is 11.8 Å². The standard InChI is InChI=1S/C13H28N2OS/c1-3-16-12-4-7-14-8-11-15-9-5-13(17-2)6-10-15/h13-14H,3-12H2,1-2H3. The Bertz CT molecular complexity index is 173. The van der Waals surface area contributed by atoms with Crippen LogP contribution in [0.25, 0.3) is 0 Å². The molecule has 1 N–H and O–H groups in total. The Morgan fingerprint density at radius 3 is 2.71 bits per heavy atom. The minimum atomic E-state index is 0.838. The fourth-order valence-corrected chi connectivity index (χ4v) is 2.86. The summed E-state index contributed by atoms with van der Waals surface area (Å²) in [4.78, 5) is 2.59. The molecule has 102 valence electrons. The van der Waals surface area contributed by atoms with Gasteiger partial charge in [0, 0.05) is 31.6 Å². The van der Waals surface area contributed by atoms with Gasteiger partial charge in [-0.1, -0.05) is 0 Å². The number of thioether (sulfide) groups is 1. The van der Waals surface area contributed by atoms with Crippen molar-refractivity contribution in [1.82, 2.24) is 10.2 Å². The Hall–Kier alpha value is 0.230. The molecule has 0 bridgehead atoms. The van der Waals surface area contributed by atoms with Gasteiger partial charge in [0.15, 0.2) is 0 Å². The molecular formula is C13H28N2OS. The maximum atomic E-state index is 5.30. The summed E-state index contributed by atoms with van der Waals surface area (Å²) in [6.07, 6.45) is 6.10. The van der Waals surface area contributed by atoms with E-state index in [2.05, 4.69) is 16.5 Å². The summed E-state index contributed by atoms with van der Waals surface area (Å²) in [7, 11) is 0. The van der Waals surface area contributed by atoms with E-state index in [9.17, 15) is 0 Å². The lowest BCUT2D eigenvalue weighted by atomic mass is 10.1. The molecule has 1 rings (SSSR count). The third-order valence-corrected chi connectivity index (χ3v) is 4.46. The van der Waals surface area contributed by atoms with E-state index in [-0.39, 0.29) is 0 Å². The van der Waals surface area contributed by atoms with Gasteiger partial charge in [-0.2, -0.15) is 11.8 Å². The molecule has 1 aliphatic rings. The first-order valence-corrected chi connectivity index (χ1v) is 8.19. The minimum absolute atomic E-state index is 0.838. The van der Waals surface area contributed by atoms with Gasteiger partial charge in [-0.05, 0) is 52.1 Å². The maximum Gasteiger partial charge on any atom is 0.0477 e. The highest BCUT2D eigenvalue weighted by atomic mass is 32.2. The first-order valence-electron chi connectivity index (χ1n) is 6.90. The van der Waals surface area contributed by atoms with Crippen molar-refractivity contribution in [2.24, 2.45) is 0 Å². The van der Waals surface area contributed by atoms with Crippen molar-refractivity contribution in [2.45, 2.75) is 31.4 Å². The molecule has 0 atom stereocenters. The van der Waals surface area contributed by atoms with Crippen LogP contribution in [0.15, 0.2) is 0 Å². The molecule has 3 nitrogen and oxygen atoms in total. The first kappa shape index (κ1) is 15.3. The second-order valence-corrected chi connectivity index (χ2v) is 5.72. The normalized spacial score (nSPS) is 18.7. The summed E-state index contributed by atoms with van der Waals surface area (Å²) < 4.78 is 5.30. The molecule has 0 aromatic rings. The highest BCUT2D eigenvalue weighted by molar-refractivity contribution is 7.99. The van der Waals surface area contributed by atoms with E-state index in [4.69, 9.17) is 4.74 Å².